The average Bonchev–Trinajstić information content (AvgIpc) is 2.04. The molecule has 1 aromatic carbocycles. The van der Waals surface area contributed by atoms with Crippen LogP contribution in [0.4, 0.5) is 0 Å². The monoisotopic (exact) mass is 324 g/mol. The van der Waals surface area contributed by atoms with E-state index in [1.165, 1.54) is 0 Å². The summed E-state index contributed by atoms with van der Waals surface area (Å²) in [6, 6.07) is 9.94. The summed E-state index contributed by atoms with van der Waals surface area (Å²) in [7, 11) is 0. The van der Waals surface area contributed by atoms with E-state index in [1.54, 1.807) is 0 Å². The van der Waals surface area contributed by atoms with Crippen molar-refractivity contribution >= 4 is 41.6 Å². The van der Waals surface area contributed by atoms with Crippen LogP contribution in [0.25, 0.3) is 0 Å². The van der Waals surface area contributed by atoms with E-state index >= 15 is 0 Å². The molecule has 13 heavy (non-hydrogen) atoms. The number of halogens is 2. The van der Waals surface area contributed by atoms with Gasteiger partial charge < -0.3 is 0 Å². The number of benzene rings is 1. The maximum absolute atomic E-state index is 6.40. The molecule has 0 aliphatic carbocycles. The minimum atomic E-state index is -2.32. The summed E-state index contributed by atoms with van der Waals surface area (Å²) in [6.07, 6.45) is 0. The van der Waals surface area contributed by atoms with Gasteiger partial charge in [0.15, 0.2) is 0 Å². The van der Waals surface area contributed by atoms with E-state index in [4.69, 9.17) is 23.2 Å². The Balaban J connectivity index is 3.08. The third kappa shape index (κ3) is 2.54. The number of hydrogen-bond donors (Lipinski definition) is 0. The number of alkyl halides is 2. The van der Waals surface area contributed by atoms with Gasteiger partial charge in [-0.2, -0.15) is 0 Å². The van der Waals surface area contributed by atoms with Gasteiger partial charge in [-0.3, -0.25) is 0 Å². The molecule has 72 valence electrons. The quantitative estimate of drug-likeness (QED) is 0.565. The third-order valence-electron chi connectivity index (χ3n) is 2.08. The average molecular weight is 324 g/mol. The summed E-state index contributed by atoms with van der Waals surface area (Å²) in [5, 5.41) is 0. The summed E-state index contributed by atoms with van der Waals surface area (Å²) >= 11 is 10.5. The van der Waals surface area contributed by atoms with Crippen molar-refractivity contribution in [3.8, 4) is 0 Å². The molecular weight excluding hydrogens is 310 g/mol. The van der Waals surface area contributed by atoms with Crippen LogP contribution < -0.4 is 0 Å². The van der Waals surface area contributed by atoms with Crippen LogP contribution >= 0.6 is 23.2 Å². The summed E-state index contributed by atoms with van der Waals surface area (Å²) in [5.41, 5.74) is 1.04. The predicted octanol–water partition coefficient (Wildman–Crippen LogP) is 4.19. The molecule has 0 heterocycles. The molecule has 0 atom stereocenters. The maximum atomic E-state index is 6.40. The first-order valence-electron chi connectivity index (χ1n) is 4.29. The van der Waals surface area contributed by atoms with Crippen molar-refractivity contribution in [3.05, 3.63) is 35.9 Å². The fraction of sp³-hybridized carbons (Fsp3) is 0.400. The van der Waals surface area contributed by atoms with Crippen LogP contribution in [0.3, 0.4) is 0 Å². The third-order valence-corrected chi connectivity index (χ3v) is 16.3. The molecule has 0 radical (unpaired) electrons. The van der Waals surface area contributed by atoms with Crippen LogP contribution in [0.2, 0.25) is 14.8 Å². The van der Waals surface area contributed by atoms with Gasteiger partial charge >= 0.3 is 94.6 Å². The minimum absolute atomic E-state index is 0.615. The van der Waals surface area contributed by atoms with Crippen LogP contribution in [0, 0.1) is 0 Å². The zero-order valence-corrected chi connectivity index (χ0v) is 12.5. The van der Waals surface area contributed by atoms with Crippen molar-refractivity contribution in [2.75, 3.05) is 0 Å². The normalized spacial score (nSPS) is 13.0. The zero-order valence-electron chi connectivity index (χ0n) is 8.14. The van der Waals surface area contributed by atoms with E-state index in [0.29, 0.717) is 0 Å². The van der Waals surface area contributed by atoms with Crippen LogP contribution in [0.15, 0.2) is 30.3 Å². The summed E-state index contributed by atoms with van der Waals surface area (Å²) in [6.45, 7) is 0. The first kappa shape index (κ1) is 11.7. The Labute approximate surface area is 94.1 Å². The molecule has 0 N–H and O–H groups in total. The Kier molecular flexibility index (Phi) is 3.59. The number of rotatable bonds is 2. The van der Waals surface area contributed by atoms with Crippen molar-refractivity contribution in [1.82, 2.24) is 0 Å². The second kappa shape index (κ2) is 3.99. The molecule has 3 heteroatoms. The van der Waals surface area contributed by atoms with Gasteiger partial charge in [0.05, 0.1) is 0 Å². The standard InChI is InChI=1S/C7H5Cl2.3CH3.Sn/c8-7(9)6-4-2-1-3-5-6;;;;/h1-5H;3*1H3;. The fourth-order valence-corrected chi connectivity index (χ4v) is 4.28. The Morgan fingerprint density at radius 2 is 1.46 bits per heavy atom. The molecule has 0 amide bonds. The van der Waals surface area contributed by atoms with E-state index in [2.05, 4.69) is 14.8 Å². The van der Waals surface area contributed by atoms with Crippen molar-refractivity contribution in [1.29, 1.82) is 0 Å². The molecule has 0 nitrogen and oxygen atoms in total. The molecule has 0 saturated carbocycles. The van der Waals surface area contributed by atoms with Crippen molar-refractivity contribution in [2.24, 2.45) is 0 Å². The number of hydrogen-bond acceptors (Lipinski definition) is 0. The van der Waals surface area contributed by atoms with Gasteiger partial charge in [-0.05, 0) is 0 Å². The van der Waals surface area contributed by atoms with Crippen LogP contribution in [-0.4, -0.2) is 18.4 Å². The Bertz CT molecular complexity index is 275. The first-order chi connectivity index (χ1) is 5.86. The summed E-state index contributed by atoms with van der Waals surface area (Å²) in [4.78, 5) is 6.71. The molecule has 1 aromatic rings. The van der Waals surface area contributed by atoms with Crippen molar-refractivity contribution in [3.63, 3.8) is 0 Å². The van der Waals surface area contributed by atoms with Gasteiger partial charge in [-0.15, -0.1) is 0 Å². The molecule has 0 aliphatic heterocycles. The summed E-state index contributed by atoms with van der Waals surface area (Å²) < 4.78 is -0.615. The molecule has 0 aromatic heterocycles. The SMILES string of the molecule is [CH3][Sn]([CH3])([CH3])[C](Cl)(Cl)c1ccccc1. The molecule has 0 fully saturated rings. The van der Waals surface area contributed by atoms with Gasteiger partial charge in [-0.25, -0.2) is 0 Å². The van der Waals surface area contributed by atoms with E-state index < -0.39 is 20.7 Å². The van der Waals surface area contributed by atoms with Crippen molar-refractivity contribution < 1.29 is 0 Å². The van der Waals surface area contributed by atoms with Gasteiger partial charge in [0.1, 0.15) is 0 Å². The molecule has 0 bridgehead atoms. The first-order valence-corrected chi connectivity index (χ1v) is 15.0. The Morgan fingerprint density at radius 1 is 1.00 bits per heavy atom. The topological polar surface area (TPSA) is 0 Å². The Hall–Kier alpha value is 0.599. The van der Waals surface area contributed by atoms with Crippen LogP contribution in [-0.2, 0) is 2.35 Å². The molecule has 0 spiro atoms. The molecule has 1 rings (SSSR count). The van der Waals surface area contributed by atoms with Crippen LogP contribution in [0.1, 0.15) is 5.56 Å². The zero-order chi connectivity index (χ0) is 10.1. The van der Waals surface area contributed by atoms with Gasteiger partial charge in [0.25, 0.3) is 0 Å². The van der Waals surface area contributed by atoms with E-state index in [-0.39, 0.29) is 0 Å². The molecule has 0 saturated heterocycles. The fourth-order valence-electron chi connectivity index (χ4n) is 1.08. The van der Waals surface area contributed by atoms with Gasteiger partial charge in [-0.1, -0.05) is 0 Å². The second-order valence-corrected chi connectivity index (χ2v) is 22.3. The van der Waals surface area contributed by atoms with E-state index in [1.807, 2.05) is 30.3 Å². The molecule has 0 unspecified atom stereocenters. The van der Waals surface area contributed by atoms with Gasteiger partial charge in [0.2, 0.25) is 0 Å². The van der Waals surface area contributed by atoms with Crippen LogP contribution in [0.5, 0.6) is 0 Å². The van der Waals surface area contributed by atoms with E-state index in [0.717, 1.165) is 5.56 Å². The molecule has 0 aliphatic rings. The van der Waals surface area contributed by atoms with Crippen molar-refractivity contribution in [2.45, 2.75) is 17.2 Å². The Morgan fingerprint density at radius 3 is 1.85 bits per heavy atom. The van der Waals surface area contributed by atoms with E-state index in [9.17, 15) is 0 Å². The second-order valence-electron chi connectivity index (χ2n) is 4.19. The van der Waals surface area contributed by atoms with Gasteiger partial charge in [0, 0.05) is 0 Å². The summed E-state index contributed by atoms with van der Waals surface area (Å²) in [5.74, 6) is 0. The predicted molar refractivity (Wildman–Crippen MR) is 63.2 cm³/mol. The molecular formula is C10H14Cl2Sn.